The molecule has 1 amide bonds. The lowest BCUT2D eigenvalue weighted by atomic mass is 9.86. The summed E-state index contributed by atoms with van der Waals surface area (Å²) in [6.45, 7) is 5.20. The molecule has 1 fully saturated rings. The third-order valence-corrected chi connectivity index (χ3v) is 7.08. The van der Waals surface area contributed by atoms with Crippen LogP contribution in [0.2, 0.25) is 0 Å². The molecule has 0 unspecified atom stereocenters. The number of benzene rings is 2. The minimum atomic E-state index is -0.550. The number of carbonyl (C=O) groups excluding carboxylic acids is 1. The minimum Gasteiger partial charge on any atom is -0.489 e. The Morgan fingerprint density at radius 2 is 1.89 bits per heavy atom. The number of fused-ring (bicyclic) bond motifs is 2. The highest BCUT2D eigenvalue weighted by Gasteiger charge is 2.38. The number of amides is 1. The lowest BCUT2D eigenvalue weighted by Crippen LogP contribution is -2.26. The Bertz CT molecular complexity index is 1540. The maximum Gasteiger partial charge on any atom is 0.234 e. The fourth-order valence-corrected chi connectivity index (χ4v) is 4.93. The summed E-state index contributed by atoms with van der Waals surface area (Å²) in [5.41, 5.74) is 5.78. The number of nitrogens with one attached hydrogen (secondary N) is 2. The van der Waals surface area contributed by atoms with Gasteiger partial charge in [-0.25, -0.2) is 9.97 Å². The van der Waals surface area contributed by atoms with Crippen molar-refractivity contribution in [3.63, 3.8) is 0 Å². The summed E-state index contributed by atoms with van der Waals surface area (Å²) in [5.74, 6) is 0.577. The van der Waals surface area contributed by atoms with Crippen LogP contribution in [0.5, 0.6) is 5.75 Å². The van der Waals surface area contributed by atoms with Crippen molar-refractivity contribution in [1.82, 2.24) is 15.0 Å². The van der Waals surface area contributed by atoms with E-state index in [4.69, 9.17) is 9.47 Å². The van der Waals surface area contributed by atoms with Gasteiger partial charge in [0.2, 0.25) is 5.91 Å². The van der Waals surface area contributed by atoms with Gasteiger partial charge in [-0.3, -0.25) is 4.79 Å². The van der Waals surface area contributed by atoms with Gasteiger partial charge in [0.15, 0.2) is 0 Å². The van der Waals surface area contributed by atoms with Crippen molar-refractivity contribution in [3.05, 3.63) is 59.9 Å². The molecule has 2 aromatic heterocycles. The van der Waals surface area contributed by atoms with Crippen LogP contribution in [0, 0.1) is 11.3 Å². The van der Waals surface area contributed by atoms with Gasteiger partial charge in [-0.05, 0) is 49.7 Å². The van der Waals surface area contributed by atoms with Crippen molar-refractivity contribution >= 4 is 22.6 Å². The topological polar surface area (TPSA) is 113 Å². The molecule has 2 N–H and O–H groups in total. The number of H-pyrrole nitrogens is 1. The molecule has 6 rings (SSSR count). The van der Waals surface area contributed by atoms with Crippen molar-refractivity contribution in [2.45, 2.75) is 38.2 Å². The molecule has 4 heterocycles. The molecule has 2 aliphatic heterocycles. The fourth-order valence-electron chi connectivity index (χ4n) is 4.93. The van der Waals surface area contributed by atoms with E-state index >= 15 is 0 Å². The van der Waals surface area contributed by atoms with E-state index < -0.39 is 5.41 Å². The van der Waals surface area contributed by atoms with Crippen molar-refractivity contribution in [3.8, 4) is 34.3 Å². The number of hydrogen-bond acceptors (Lipinski definition) is 6. The number of aromatic nitrogens is 3. The average molecular weight is 480 g/mol. The lowest BCUT2D eigenvalue weighted by Gasteiger charge is -2.23. The molecule has 8 nitrogen and oxygen atoms in total. The predicted octanol–water partition coefficient (Wildman–Crippen LogP) is 4.95. The second kappa shape index (κ2) is 8.47. The van der Waals surface area contributed by atoms with Gasteiger partial charge in [-0.15, -0.1) is 0 Å². The van der Waals surface area contributed by atoms with Crippen LogP contribution < -0.4 is 10.1 Å². The van der Waals surface area contributed by atoms with Gasteiger partial charge in [0.25, 0.3) is 0 Å². The maximum absolute atomic E-state index is 12.4. The number of nitrogens with zero attached hydrogens (tertiary/aromatic N) is 3. The molecule has 180 valence electrons. The molecule has 36 heavy (non-hydrogen) atoms. The molecule has 0 saturated carbocycles. The van der Waals surface area contributed by atoms with Crippen LogP contribution in [0.3, 0.4) is 0 Å². The molecule has 8 heteroatoms. The van der Waals surface area contributed by atoms with E-state index in [-0.39, 0.29) is 12.0 Å². The molecule has 2 aromatic carbocycles. The highest BCUT2D eigenvalue weighted by Crippen LogP contribution is 2.40. The normalized spacial score (nSPS) is 17.0. The van der Waals surface area contributed by atoms with Crippen LogP contribution in [0.25, 0.3) is 33.5 Å². The zero-order valence-electron chi connectivity index (χ0n) is 20.1. The fraction of sp³-hybridized carbons (Fsp3) is 0.286. The number of carbonyl (C=O) groups is 1. The van der Waals surface area contributed by atoms with Crippen LogP contribution in [0.1, 0.15) is 37.8 Å². The second-order valence-corrected chi connectivity index (χ2v) is 9.76. The predicted molar refractivity (Wildman–Crippen MR) is 136 cm³/mol. The first-order valence-corrected chi connectivity index (χ1v) is 12.0. The Morgan fingerprint density at radius 3 is 2.69 bits per heavy atom. The Morgan fingerprint density at radius 1 is 1.08 bits per heavy atom. The van der Waals surface area contributed by atoms with Gasteiger partial charge >= 0.3 is 0 Å². The zero-order chi connectivity index (χ0) is 24.9. The summed E-state index contributed by atoms with van der Waals surface area (Å²) in [4.78, 5) is 24.7. The van der Waals surface area contributed by atoms with Gasteiger partial charge in [-0.2, -0.15) is 5.26 Å². The van der Waals surface area contributed by atoms with Crippen LogP contribution in [0.15, 0.2) is 48.8 Å². The van der Waals surface area contributed by atoms with Crippen molar-refractivity contribution < 1.29 is 14.3 Å². The highest BCUT2D eigenvalue weighted by atomic mass is 16.5. The Labute approximate surface area is 208 Å². The van der Waals surface area contributed by atoms with Crippen LogP contribution >= 0.6 is 0 Å². The smallest absolute Gasteiger partial charge is 0.234 e. The SMILES string of the molecule is CC1(C)C(=O)Nc2cc(-c3cc4c(-c5ccc(OC6CCOCC6)c(C#N)c5)ncnc4[nH]3)ccc21. The van der Waals surface area contributed by atoms with E-state index in [0.717, 1.165) is 52.0 Å². The summed E-state index contributed by atoms with van der Waals surface area (Å²) >= 11 is 0. The Hall–Kier alpha value is -4.22. The molecule has 0 spiro atoms. The first-order valence-electron chi connectivity index (χ1n) is 12.0. The van der Waals surface area contributed by atoms with Crippen molar-refractivity contribution in [2.75, 3.05) is 18.5 Å². The van der Waals surface area contributed by atoms with E-state index in [1.54, 1.807) is 0 Å². The molecule has 0 aliphatic carbocycles. The molecular weight excluding hydrogens is 454 g/mol. The van der Waals surface area contributed by atoms with E-state index in [1.807, 2.05) is 56.3 Å². The molecule has 2 aliphatic rings. The molecule has 0 atom stereocenters. The average Bonchev–Trinajstić information content (AvgIpc) is 3.43. The quantitative estimate of drug-likeness (QED) is 0.428. The zero-order valence-corrected chi connectivity index (χ0v) is 20.1. The second-order valence-electron chi connectivity index (χ2n) is 9.76. The van der Waals surface area contributed by atoms with Gasteiger partial charge in [0.05, 0.1) is 29.9 Å². The van der Waals surface area contributed by atoms with Crippen molar-refractivity contribution in [2.24, 2.45) is 0 Å². The number of aromatic amines is 1. The van der Waals surface area contributed by atoms with Gasteiger partial charge in [0, 0.05) is 40.7 Å². The lowest BCUT2D eigenvalue weighted by molar-refractivity contribution is -0.119. The number of nitriles is 1. The van der Waals surface area contributed by atoms with Crippen molar-refractivity contribution in [1.29, 1.82) is 5.26 Å². The number of rotatable bonds is 4. The summed E-state index contributed by atoms with van der Waals surface area (Å²) in [5, 5.41) is 13.6. The maximum atomic E-state index is 12.4. The van der Waals surface area contributed by atoms with Gasteiger partial charge < -0.3 is 19.8 Å². The third kappa shape index (κ3) is 3.69. The summed E-state index contributed by atoms with van der Waals surface area (Å²) in [6, 6.07) is 15.8. The highest BCUT2D eigenvalue weighted by molar-refractivity contribution is 6.06. The largest absolute Gasteiger partial charge is 0.489 e. The van der Waals surface area contributed by atoms with Gasteiger partial charge in [-0.1, -0.05) is 12.1 Å². The van der Waals surface area contributed by atoms with Crippen LogP contribution in [-0.4, -0.2) is 40.2 Å². The van der Waals surface area contributed by atoms with Gasteiger partial charge in [0.1, 0.15) is 29.9 Å². The standard InChI is InChI=1S/C28H25N5O3/c1-28(2)21-5-3-16(12-23(21)33-27(28)34)22-13-20-25(30-15-31-26(20)32-22)17-4-6-24(18(11-17)14-29)36-19-7-9-35-10-8-19/h3-6,11-13,15,19H,7-10H2,1-2H3,(H,33,34)(H,30,31,32). The number of anilines is 1. The first kappa shape index (κ1) is 22.3. The summed E-state index contributed by atoms with van der Waals surface area (Å²) in [7, 11) is 0. The molecule has 0 radical (unpaired) electrons. The Balaban J connectivity index is 1.35. The summed E-state index contributed by atoms with van der Waals surface area (Å²) in [6.07, 6.45) is 3.20. The molecule has 0 bridgehead atoms. The molecule has 1 saturated heterocycles. The summed E-state index contributed by atoms with van der Waals surface area (Å²) < 4.78 is 11.5. The minimum absolute atomic E-state index is 0.00278. The van der Waals surface area contributed by atoms with E-state index in [2.05, 4.69) is 26.3 Å². The van der Waals surface area contributed by atoms with Crippen LogP contribution in [-0.2, 0) is 14.9 Å². The Kier molecular flexibility index (Phi) is 5.23. The number of hydrogen-bond donors (Lipinski definition) is 2. The molecule has 4 aromatic rings. The van der Waals surface area contributed by atoms with E-state index in [0.29, 0.717) is 30.2 Å². The first-order chi connectivity index (χ1) is 17.4. The van der Waals surface area contributed by atoms with Crippen LogP contribution in [0.4, 0.5) is 5.69 Å². The third-order valence-electron chi connectivity index (χ3n) is 7.08. The monoisotopic (exact) mass is 479 g/mol. The van der Waals surface area contributed by atoms with E-state index in [1.165, 1.54) is 6.33 Å². The number of ether oxygens (including phenoxy) is 2. The van der Waals surface area contributed by atoms with E-state index in [9.17, 15) is 10.1 Å². The molecular formula is C28H25N5O3.